The predicted molar refractivity (Wildman–Crippen MR) is 74.4 cm³/mol. The molecule has 0 spiro atoms. The molecule has 1 aromatic heterocycles. The predicted octanol–water partition coefficient (Wildman–Crippen LogP) is 1.23. The van der Waals surface area contributed by atoms with Crippen molar-refractivity contribution in [2.45, 2.75) is 32.9 Å². The van der Waals surface area contributed by atoms with E-state index in [1.54, 1.807) is 9.47 Å². The smallest absolute Gasteiger partial charge is 0.287 e. The monoisotopic (exact) mass is 280 g/mol. The van der Waals surface area contributed by atoms with E-state index in [4.69, 9.17) is 5.73 Å². The van der Waals surface area contributed by atoms with E-state index in [9.17, 15) is 14.9 Å². The van der Waals surface area contributed by atoms with Gasteiger partial charge < -0.3 is 15.2 Å². The molecule has 20 heavy (non-hydrogen) atoms. The molecule has 110 valence electrons. The Bertz CT molecular complexity index is 526. The SMILES string of the molecule is CCn1cc([N+](=O)[O-])cc1C(=O)N1CC(CN)CC1C. The Morgan fingerprint density at radius 3 is 2.80 bits per heavy atom. The maximum absolute atomic E-state index is 12.6. The van der Waals surface area contributed by atoms with Crippen LogP contribution in [0.25, 0.3) is 0 Å². The summed E-state index contributed by atoms with van der Waals surface area (Å²) >= 11 is 0. The van der Waals surface area contributed by atoms with Crippen molar-refractivity contribution >= 4 is 11.6 Å². The van der Waals surface area contributed by atoms with Gasteiger partial charge in [-0.25, -0.2) is 0 Å². The van der Waals surface area contributed by atoms with Crippen molar-refractivity contribution in [3.8, 4) is 0 Å². The molecule has 1 aromatic rings. The fraction of sp³-hybridized carbons (Fsp3) is 0.615. The average Bonchev–Trinajstić information content (AvgIpc) is 3.01. The number of nitrogens with zero attached hydrogens (tertiary/aromatic N) is 3. The van der Waals surface area contributed by atoms with Crippen molar-refractivity contribution in [1.82, 2.24) is 9.47 Å². The molecule has 0 radical (unpaired) electrons. The third-order valence-corrected chi connectivity index (χ3v) is 3.91. The first-order chi connectivity index (χ1) is 9.47. The lowest BCUT2D eigenvalue weighted by Gasteiger charge is -2.21. The number of carbonyl (C=O) groups excluding carboxylic acids is 1. The highest BCUT2D eigenvalue weighted by Gasteiger charge is 2.34. The van der Waals surface area contributed by atoms with Crippen LogP contribution in [0.3, 0.4) is 0 Å². The van der Waals surface area contributed by atoms with Crippen LogP contribution in [0, 0.1) is 16.0 Å². The number of rotatable bonds is 4. The lowest BCUT2D eigenvalue weighted by atomic mass is 10.1. The second kappa shape index (κ2) is 5.62. The third kappa shape index (κ3) is 2.53. The molecule has 2 atom stereocenters. The summed E-state index contributed by atoms with van der Waals surface area (Å²) in [5.74, 6) is 0.164. The van der Waals surface area contributed by atoms with Gasteiger partial charge in [-0.15, -0.1) is 0 Å². The summed E-state index contributed by atoms with van der Waals surface area (Å²) in [4.78, 5) is 24.7. The third-order valence-electron chi connectivity index (χ3n) is 3.91. The zero-order valence-corrected chi connectivity index (χ0v) is 11.8. The molecule has 1 saturated heterocycles. The molecule has 2 heterocycles. The lowest BCUT2D eigenvalue weighted by Crippen LogP contribution is -2.35. The summed E-state index contributed by atoms with van der Waals surface area (Å²) in [6.07, 6.45) is 2.30. The van der Waals surface area contributed by atoms with E-state index < -0.39 is 4.92 Å². The normalized spacial score (nSPS) is 22.2. The number of nitrogens with two attached hydrogens (primary N) is 1. The first kappa shape index (κ1) is 14.5. The molecular formula is C13H20N4O3. The van der Waals surface area contributed by atoms with Crippen LogP contribution in [0.2, 0.25) is 0 Å². The molecule has 2 N–H and O–H groups in total. The number of likely N-dealkylation sites (tertiary alicyclic amines) is 1. The summed E-state index contributed by atoms with van der Waals surface area (Å²) in [7, 11) is 0. The highest BCUT2D eigenvalue weighted by atomic mass is 16.6. The summed E-state index contributed by atoms with van der Waals surface area (Å²) in [5.41, 5.74) is 6.00. The summed E-state index contributed by atoms with van der Waals surface area (Å²) in [5, 5.41) is 10.8. The van der Waals surface area contributed by atoms with Gasteiger partial charge in [0.05, 0.1) is 11.1 Å². The summed E-state index contributed by atoms with van der Waals surface area (Å²) in [6, 6.07) is 1.48. The number of aromatic nitrogens is 1. The van der Waals surface area contributed by atoms with Gasteiger partial charge in [0, 0.05) is 25.2 Å². The molecule has 7 nitrogen and oxygen atoms in total. The Kier molecular flexibility index (Phi) is 4.08. The maximum Gasteiger partial charge on any atom is 0.287 e. The molecule has 2 rings (SSSR count). The molecule has 0 aromatic carbocycles. The van der Waals surface area contributed by atoms with Gasteiger partial charge in [0.2, 0.25) is 0 Å². The second-order valence-electron chi connectivity index (χ2n) is 5.27. The molecule has 1 fully saturated rings. The van der Waals surface area contributed by atoms with Crippen molar-refractivity contribution < 1.29 is 9.72 Å². The Hall–Kier alpha value is -1.89. The fourth-order valence-corrected chi connectivity index (χ4v) is 2.78. The van der Waals surface area contributed by atoms with Crippen molar-refractivity contribution in [3.63, 3.8) is 0 Å². The molecule has 1 aliphatic rings. The van der Waals surface area contributed by atoms with Crippen molar-refractivity contribution in [2.24, 2.45) is 11.7 Å². The molecule has 0 aliphatic carbocycles. The molecule has 0 saturated carbocycles. The average molecular weight is 280 g/mol. The number of nitro groups is 1. The summed E-state index contributed by atoms with van der Waals surface area (Å²) < 4.78 is 1.63. The van der Waals surface area contributed by atoms with Crippen LogP contribution in [0.4, 0.5) is 5.69 Å². The van der Waals surface area contributed by atoms with Crippen LogP contribution in [0.1, 0.15) is 30.8 Å². The fourth-order valence-electron chi connectivity index (χ4n) is 2.78. The maximum atomic E-state index is 12.6. The topological polar surface area (TPSA) is 94.4 Å². The van der Waals surface area contributed by atoms with Gasteiger partial charge in [0.1, 0.15) is 5.69 Å². The minimum absolute atomic E-state index is 0.0441. The molecule has 2 unspecified atom stereocenters. The van der Waals surface area contributed by atoms with Crippen LogP contribution >= 0.6 is 0 Å². The van der Waals surface area contributed by atoms with E-state index in [-0.39, 0.29) is 17.6 Å². The van der Waals surface area contributed by atoms with Crippen LogP contribution < -0.4 is 5.73 Å². The highest BCUT2D eigenvalue weighted by Crippen LogP contribution is 2.26. The van der Waals surface area contributed by atoms with Crippen LogP contribution in [-0.2, 0) is 6.54 Å². The summed E-state index contributed by atoms with van der Waals surface area (Å²) in [6.45, 7) is 5.55. The first-order valence-electron chi connectivity index (χ1n) is 6.83. The van der Waals surface area contributed by atoms with E-state index in [1.807, 2.05) is 13.8 Å². The Morgan fingerprint density at radius 2 is 2.30 bits per heavy atom. The van der Waals surface area contributed by atoms with Crippen LogP contribution in [0.15, 0.2) is 12.3 Å². The number of hydrogen-bond acceptors (Lipinski definition) is 4. The second-order valence-corrected chi connectivity index (χ2v) is 5.27. The molecule has 0 bridgehead atoms. The minimum atomic E-state index is -0.473. The highest BCUT2D eigenvalue weighted by molar-refractivity contribution is 5.94. The van der Waals surface area contributed by atoms with E-state index in [2.05, 4.69) is 0 Å². The van der Waals surface area contributed by atoms with E-state index in [1.165, 1.54) is 12.3 Å². The largest absolute Gasteiger partial charge is 0.337 e. The van der Waals surface area contributed by atoms with Crippen LogP contribution in [-0.4, -0.2) is 39.4 Å². The van der Waals surface area contributed by atoms with Crippen molar-refractivity contribution in [2.75, 3.05) is 13.1 Å². The van der Waals surface area contributed by atoms with Gasteiger partial charge >= 0.3 is 0 Å². The van der Waals surface area contributed by atoms with E-state index >= 15 is 0 Å². The molecule has 1 aliphatic heterocycles. The number of hydrogen-bond donors (Lipinski definition) is 1. The van der Waals surface area contributed by atoms with E-state index in [0.29, 0.717) is 31.2 Å². The molecule has 7 heteroatoms. The van der Waals surface area contributed by atoms with Gasteiger partial charge in [0.25, 0.3) is 11.6 Å². The van der Waals surface area contributed by atoms with Gasteiger partial charge in [-0.05, 0) is 32.7 Å². The first-order valence-corrected chi connectivity index (χ1v) is 6.83. The standard InChI is InChI=1S/C13H20N4O3/c1-3-15-8-11(17(19)20)5-12(15)13(18)16-7-10(6-14)4-9(16)2/h5,8-10H,3-4,6-7,14H2,1-2H3. The zero-order chi connectivity index (χ0) is 14.9. The van der Waals surface area contributed by atoms with Crippen molar-refractivity contribution in [3.05, 3.63) is 28.1 Å². The van der Waals surface area contributed by atoms with Crippen LogP contribution in [0.5, 0.6) is 0 Å². The van der Waals surface area contributed by atoms with Crippen molar-refractivity contribution in [1.29, 1.82) is 0 Å². The quantitative estimate of drug-likeness (QED) is 0.662. The zero-order valence-electron chi connectivity index (χ0n) is 11.8. The van der Waals surface area contributed by atoms with Gasteiger partial charge in [-0.1, -0.05) is 0 Å². The Morgan fingerprint density at radius 1 is 1.60 bits per heavy atom. The Labute approximate surface area is 117 Å². The van der Waals surface area contributed by atoms with Gasteiger partial charge in [-0.3, -0.25) is 14.9 Å². The number of aryl methyl sites for hydroxylation is 1. The van der Waals surface area contributed by atoms with Gasteiger partial charge in [-0.2, -0.15) is 0 Å². The molecule has 1 amide bonds. The van der Waals surface area contributed by atoms with Gasteiger partial charge in [0.15, 0.2) is 0 Å². The minimum Gasteiger partial charge on any atom is -0.337 e. The Balaban J connectivity index is 2.27. The van der Waals surface area contributed by atoms with E-state index in [0.717, 1.165) is 6.42 Å². The lowest BCUT2D eigenvalue weighted by molar-refractivity contribution is -0.384. The number of carbonyl (C=O) groups is 1. The molecular weight excluding hydrogens is 260 g/mol. The number of amides is 1.